The van der Waals surface area contributed by atoms with Gasteiger partial charge in [0.2, 0.25) is 0 Å². The summed E-state index contributed by atoms with van der Waals surface area (Å²) in [5.41, 5.74) is 3.29. The molecular formula is C21H26N4O3. The fourth-order valence-corrected chi connectivity index (χ4v) is 3.20. The predicted molar refractivity (Wildman–Crippen MR) is 108 cm³/mol. The number of pyridine rings is 1. The van der Waals surface area contributed by atoms with Crippen LogP contribution in [0.5, 0.6) is 0 Å². The van der Waals surface area contributed by atoms with E-state index < -0.39 is 0 Å². The Labute approximate surface area is 165 Å². The molecule has 7 heteroatoms. The maximum atomic E-state index is 12.6. The van der Waals surface area contributed by atoms with Gasteiger partial charge >= 0.3 is 6.09 Å². The van der Waals surface area contributed by atoms with Crippen LogP contribution >= 0.6 is 0 Å². The minimum absolute atomic E-state index is 0.0216. The second kappa shape index (κ2) is 9.21. The molecule has 1 aromatic heterocycles. The molecule has 0 bridgehead atoms. The van der Waals surface area contributed by atoms with Crippen LogP contribution in [0.1, 0.15) is 35.8 Å². The molecule has 1 aromatic carbocycles. The fraction of sp³-hybridized carbons (Fsp3) is 0.381. The zero-order chi connectivity index (χ0) is 19.9. The van der Waals surface area contributed by atoms with Gasteiger partial charge in [0, 0.05) is 36.7 Å². The quantitative estimate of drug-likeness (QED) is 0.827. The van der Waals surface area contributed by atoms with Gasteiger partial charge in [0.15, 0.2) is 0 Å². The Balaban J connectivity index is 1.56. The van der Waals surface area contributed by atoms with Crippen molar-refractivity contribution < 1.29 is 14.3 Å². The van der Waals surface area contributed by atoms with Crippen LogP contribution in [0.15, 0.2) is 42.6 Å². The molecule has 0 spiro atoms. The van der Waals surface area contributed by atoms with Crippen LogP contribution in [0.25, 0.3) is 0 Å². The van der Waals surface area contributed by atoms with Crippen molar-refractivity contribution >= 4 is 23.4 Å². The molecule has 0 unspecified atom stereocenters. The Morgan fingerprint density at radius 3 is 2.64 bits per heavy atom. The van der Waals surface area contributed by atoms with Crippen molar-refractivity contribution in [1.29, 1.82) is 0 Å². The third-order valence-electron chi connectivity index (χ3n) is 4.66. The first kappa shape index (κ1) is 19.7. The van der Waals surface area contributed by atoms with Crippen molar-refractivity contribution in [2.75, 3.05) is 25.0 Å². The van der Waals surface area contributed by atoms with Crippen LogP contribution in [-0.4, -0.2) is 47.6 Å². The molecule has 0 saturated carbocycles. The molecule has 2 N–H and O–H groups in total. The van der Waals surface area contributed by atoms with Gasteiger partial charge in [-0.05, 0) is 56.5 Å². The lowest BCUT2D eigenvalue weighted by Gasteiger charge is -2.31. The topological polar surface area (TPSA) is 83.6 Å². The number of anilines is 2. The van der Waals surface area contributed by atoms with Crippen molar-refractivity contribution in [3.05, 3.63) is 53.9 Å². The lowest BCUT2D eigenvalue weighted by molar-refractivity contribution is 0.0856. The summed E-state index contributed by atoms with van der Waals surface area (Å²) in [5, 5.41) is 6.31. The van der Waals surface area contributed by atoms with E-state index in [2.05, 4.69) is 15.6 Å². The normalized spacial score (nSPS) is 14.4. The number of hydrogen-bond acceptors (Lipinski definition) is 5. The number of aryl methyl sites for hydroxylation is 1. The third kappa shape index (κ3) is 5.22. The molecule has 1 aliphatic heterocycles. The first-order chi connectivity index (χ1) is 13.5. The van der Waals surface area contributed by atoms with E-state index in [1.165, 1.54) is 0 Å². The molecule has 0 radical (unpaired) electrons. The van der Waals surface area contributed by atoms with Gasteiger partial charge in [0.1, 0.15) is 5.69 Å². The molecule has 1 saturated heterocycles. The van der Waals surface area contributed by atoms with Gasteiger partial charge in [-0.15, -0.1) is 0 Å². The Bertz CT molecular complexity index is 832. The van der Waals surface area contributed by atoms with Crippen molar-refractivity contribution in [2.24, 2.45) is 0 Å². The highest BCUT2D eigenvalue weighted by atomic mass is 16.6. The Morgan fingerprint density at radius 1 is 1.18 bits per heavy atom. The molecule has 0 aliphatic carbocycles. The SMILES string of the molecule is CCOC(=O)N1CCC(NC(=O)c2cc(Nc3cccc(C)c3)ccn2)CC1. The highest BCUT2D eigenvalue weighted by Crippen LogP contribution is 2.18. The summed E-state index contributed by atoms with van der Waals surface area (Å²) >= 11 is 0. The number of nitrogens with zero attached hydrogens (tertiary/aromatic N) is 2. The summed E-state index contributed by atoms with van der Waals surface area (Å²) in [4.78, 5) is 30.2. The number of aromatic nitrogens is 1. The summed E-state index contributed by atoms with van der Waals surface area (Å²) in [6.45, 7) is 5.34. The molecule has 28 heavy (non-hydrogen) atoms. The minimum atomic E-state index is -0.288. The van der Waals surface area contributed by atoms with Crippen LogP contribution in [0.2, 0.25) is 0 Å². The van der Waals surface area contributed by atoms with Gasteiger partial charge < -0.3 is 20.3 Å². The second-order valence-corrected chi connectivity index (χ2v) is 6.86. The van der Waals surface area contributed by atoms with Crippen molar-refractivity contribution in [1.82, 2.24) is 15.2 Å². The van der Waals surface area contributed by atoms with Crippen LogP contribution in [-0.2, 0) is 4.74 Å². The number of carbonyl (C=O) groups excluding carboxylic acids is 2. The number of ether oxygens (including phenoxy) is 1. The zero-order valence-corrected chi connectivity index (χ0v) is 16.3. The summed E-state index contributed by atoms with van der Waals surface area (Å²) in [7, 11) is 0. The summed E-state index contributed by atoms with van der Waals surface area (Å²) in [6, 6.07) is 11.6. The van der Waals surface area contributed by atoms with Gasteiger partial charge in [0.25, 0.3) is 5.91 Å². The van der Waals surface area contributed by atoms with Crippen molar-refractivity contribution in [3.8, 4) is 0 Å². The van der Waals surface area contributed by atoms with E-state index in [1.54, 1.807) is 24.1 Å². The second-order valence-electron chi connectivity index (χ2n) is 6.86. The van der Waals surface area contributed by atoms with Crippen molar-refractivity contribution in [3.63, 3.8) is 0 Å². The fourth-order valence-electron chi connectivity index (χ4n) is 3.20. The maximum Gasteiger partial charge on any atom is 0.409 e. The number of amides is 2. The van der Waals surface area contributed by atoms with Crippen molar-refractivity contribution in [2.45, 2.75) is 32.7 Å². The molecule has 2 aromatic rings. The van der Waals surface area contributed by atoms with Gasteiger partial charge in [-0.25, -0.2) is 4.79 Å². The average Bonchev–Trinajstić information content (AvgIpc) is 2.69. The lowest BCUT2D eigenvalue weighted by atomic mass is 10.1. The summed E-state index contributed by atoms with van der Waals surface area (Å²) in [5.74, 6) is -0.206. The standard InChI is InChI=1S/C21H26N4O3/c1-3-28-21(27)25-11-8-16(9-12-25)24-20(26)19-14-18(7-10-22-19)23-17-6-4-5-15(2)13-17/h4-7,10,13-14,16H,3,8-9,11-12H2,1-2H3,(H,22,23)(H,24,26). The van der Waals surface area contributed by atoms with E-state index in [9.17, 15) is 9.59 Å². The number of carbonyl (C=O) groups is 2. The maximum absolute atomic E-state index is 12.6. The van der Waals surface area contributed by atoms with Crippen LogP contribution in [0, 0.1) is 6.92 Å². The van der Waals surface area contributed by atoms with Gasteiger partial charge in [-0.1, -0.05) is 12.1 Å². The van der Waals surface area contributed by atoms with Crippen LogP contribution in [0.3, 0.4) is 0 Å². The zero-order valence-electron chi connectivity index (χ0n) is 16.3. The van der Waals surface area contributed by atoms with E-state index >= 15 is 0 Å². The molecule has 7 nitrogen and oxygen atoms in total. The molecule has 1 aliphatic rings. The molecule has 148 valence electrons. The van der Waals surface area contributed by atoms with E-state index in [0.29, 0.717) is 38.2 Å². The number of nitrogens with one attached hydrogen (secondary N) is 2. The minimum Gasteiger partial charge on any atom is -0.450 e. The molecule has 2 amide bonds. The van der Waals surface area contributed by atoms with E-state index in [-0.39, 0.29) is 18.0 Å². The summed E-state index contributed by atoms with van der Waals surface area (Å²) in [6.07, 6.45) is 2.73. The average molecular weight is 382 g/mol. The number of likely N-dealkylation sites (tertiary alicyclic amines) is 1. The third-order valence-corrected chi connectivity index (χ3v) is 4.66. The number of benzene rings is 1. The first-order valence-electron chi connectivity index (χ1n) is 9.57. The lowest BCUT2D eigenvalue weighted by Crippen LogP contribution is -2.46. The molecule has 3 rings (SSSR count). The summed E-state index contributed by atoms with van der Waals surface area (Å²) < 4.78 is 5.02. The smallest absolute Gasteiger partial charge is 0.409 e. The highest BCUT2D eigenvalue weighted by Gasteiger charge is 2.25. The number of hydrogen-bond donors (Lipinski definition) is 2. The predicted octanol–water partition coefficient (Wildman–Crippen LogP) is 3.48. The molecular weight excluding hydrogens is 356 g/mol. The Morgan fingerprint density at radius 2 is 1.93 bits per heavy atom. The first-order valence-corrected chi connectivity index (χ1v) is 9.57. The van der Waals surface area contributed by atoms with E-state index in [1.807, 2.05) is 37.3 Å². The Kier molecular flexibility index (Phi) is 6.47. The molecule has 2 heterocycles. The number of piperidine rings is 1. The highest BCUT2D eigenvalue weighted by molar-refractivity contribution is 5.93. The van der Waals surface area contributed by atoms with Crippen LogP contribution < -0.4 is 10.6 Å². The monoisotopic (exact) mass is 382 g/mol. The van der Waals surface area contributed by atoms with Crippen LogP contribution in [0.4, 0.5) is 16.2 Å². The molecule has 0 atom stereocenters. The number of rotatable bonds is 5. The van der Waals surface area contributed by atoms with Gasteiger partial charge in [-0.3, -0.25) is 9.78 Å². The molecule has 1 fully saturated rings. The largest absolute Gasteiger partial charge is 0.450 e. The van der Waals surface area contributed by atoms with Gasteiger partial charge in [-0.2, -0.15) is 0 Å². The van der Waals surface area contributed by atoms with E-state index in [0.717, 1.165) is 16.9 Å². The van der Waals surface area contributed by atoms with Gasteiger partial charge in [0.05, 0.1) is 6.61 Å². The van der Waals surface area contributed by atoms with E-state index in [4.69, 9.17) is 4.74 Å². The Hall–Kier alpha value is -3.09.